The Morgan fingerprint density at radius 3 is 2.52 bits per heavy atom. The number of hydrogen-bond donors (Lipinski definition) is 1. The molecule has 6 heteroatoms. The second kappa shape index (κ2) is 10.6. The lowest BCUT2D eigenvalue weighted by molar-refractivity contribution is -0.127. The Morgan fingerprint density at radius 2 is 1.90 bits per heavy atom. The molecule has 0 aliphatic heterocycles. The average molecular weight is 415 g/mol. The molecule has 2 amide bonds. The number of carbonyl (C=O) groups excluding carboxylic acids is 2. The Bertz CT molecular complexity index is 783. The summed E-state index contributed by atoms with van der Waals surface area (Å²) in [6.45, 7) is 2.74. The Kier molecular flexibility index (Phi) is 7.83. The number of amides is 2. The van der Waals surface area contributed by atoms with Gasteiger partial charge in [0.15, 0.2) is 0 Å². The molecule has 1 saturated carbocycles. The molecule has 0 saturated heterocycles. The van der Waals surface area contributed by atoms with E-state index in [0.717, 1.165) is 36.8 Å². The molecule has 156 valence electrons. The number of benzene rings is 1. The number of carbonyl (C=O) groups is 2. The van der Waals surface area contributed by atoms with Crippen LogP contribution in [0.25, 0.3) is 0 Å². The van der Waals surface area contributed by atoms with Gasteiger partial charge in [0, 0.05) is 19.7 Å². The Labute approximate surface area is 177 Å². The molecule has 5 nitrogen and oxygen atoms in total. The molecule has 1 N–H and O–H groups in total. The minimum atomic E-state index is -0.678. The van der Waals surface area contributed by atoms with Gasteiger partial charge in [0.05, 0.1) is 11.5 Å². The molecule has 1 fully saturated rings. The van der Waals surface area contributed by atoms with Crippen LogP contribution in [0, 0.1) is 6.92 Å². The molecule has 2 aromatic rings. The van der Waals surface area contributed by atoms with Crippen LogP contribution in [0.2, 0.25) is 0 Å². The number of methoxy groups -OCH3 is 1. The van der Waals surface area contributed by atoms with Crippen LogP contribution in [0.4, 0.5) is 0 Å². The van der Waals surface area contributed by atoms with Gasteiger partial charge in [-0.25, -0.2) is 0 Å². The van der Waals surface area contributed by atoms with Crippen molar-refractivity contribution in [1.29, 1.82) is 0 Å². The van der Waals surface area contributed by atoms with E-state index in [1.165, 1.54) is 17.8 Å². The summed E-state index contributed by atoms with van der Waals surface area (Å²) >= 11 is 1.39. The molecule has 3 rings (SSSR count). The summed E-state index contributed by atoms with van der Waals surface area (Å²) in [5.41, 5.74) is 1.94. The minimum Gasteiger partial charge on any atom is -0.383 e. The molecule has 1 aliphatic rings. The summed E-state index contributed by atoms with van der Waals surface area (Å²) in [7, 11) is 1.61. The summed E-state index contributed by atoms with van der Waals surface area (Å²) < 4.78 is 5.25. The van der Waals surface area contributed by atoms with E-state index < -0.39 is 6.04 Å². The van der Waals surface area contributed by atoms with Gasteiger partial charge in [0.2, 0.25) is 5.91 Å². The first kappa shape index (κ1) is 21.5. The van der Waals surface area contributed by atoms with Crippen molar-refractivity contribution in [1.82, 2.24) is 10.2 Å². The summed E-state index contributed by atoms with van der Waals surface area (Å²) in [4.78, 5) is 29.0. The van der Waals surface area contributed by atoms with Crippen LogP contribution in [-0.2, 0) is 9.53 Å². The van der Waals surface area contributed by atoms with Crippen molar-refractivity contribution in [2.24, 2.45) is 0 Å². The largest absolute Gasteiger partial charge is 0.383 e. The van der Waals surface area contributed by atoms with Crippen molar-refractivity contribution in [2.75, 3.05) is 20.3 Å². The van der Waals surface area contributed by atoms with E-state index >= 15 is 0 Å². The van der Waals surface area contributed by atoms with Crippen LogP contribution < -0.4 is 5.32 Å². The number of nitrogens with zero attached hydrogens (tertiary/aromatic N) is 1. The maximum atomic E-state index is 13.4. The van der Waals surface area contributed by atoms with E-state index in [-0.39, 0.29) is 17.9 Å². The first-order valence-electron chi connectivity index (χ1n) is 10.3. The number of nitrogens with one attached hydrogen (secondary N) is 1. The Morgan fingerprint density at radius 1 is 1.17 bits per heavy atom. The van der Waals surface area contributed by atoms with Gasteiger partial charge < -0.3 is 15.0 Å². The van der Waals surface area contributed by atoms with Crippen molar-refractivity contribution in [3.63, 3.8) is 0 Å². The summed E-state index contributed by atoms with van der Waals surface area (Å²) in [6.07, 6.45) is 5.51. The fourth-order valence-corrected chi connectivity index (χ4v) is 4.51. The third-order valence-corrected chi connectivity index (χ3v) is 6.29. The second-order valence-corrected chi connectivity index (χ2v) is 8.57. The zero-order valence-corrected chi connectivity index (χ0v) is 18.0. The van der Waals surface area contributed by atoms with Crippen LogP contribution in [0.15, 0.2) is 41.8 Å². The van der Waals surface area contributed by atoms with Crippen molar-refractivity contribution >= 4 is 23.2 Å². The van der Waals surface area contributed by atoms with Crippen LogP contribution in [0.1, 0.15) is 58.9 Å². The zero-order valence-electron chi connectivity index (χ0n) is 17.2. The van der Waals surface area contributed by atoms with Gasteiger partial charge >= 0.3 is 0 Å². The maximum Gasteiger partial charge on any atom is 0.264 e. The molecule has 1 aromatic carbocycles. The van der Waals surface area contributed by atoms with Crippen molar-refractivity contribution in [3.8, 4) is 0 Å². The number of ether oxygens (including phenoxy) is 1. The van der Waals surface area contributed by atoms with Crippen molar-refractivity contribution < 1.29 is 14.3 Å². The first-order chi connectivity index (χ1) is 14.1. The molecule has 0 spiro atoms. The number of rotatable bonds is 8. The third kappa shape index (κ3) is 5.67. The highest BCUT2D eigenvalue weighted by Gasteiger charge is 2.33. The lowest BCUT2D eigenvalue weighted by Gasteiger charge is -2.33. The van der Waals surface area contributed by atoms with Gasteiger partial charge in [-0.2, -0.15) is 0 Å². The van der Waals surface area contributed by atoms with E-state index in [0.29, 0.717) is 18.0 Å². The second-order valence-electron chi connectivity index (χ2n) is 7.63. The van der Waals surface area contributed by atoms with Gasteiger partial charge in [0.25, 0.3) is 5.91 Å². The monoisotopic (exact) mass is 414 g/mol. The van der Waals surface area contributed by atoms with E-state index in [1.807, 2.05) is 42.6 Å². The Hall–Kier alpha value is -2.18. The zero-order chi connectivity index (χ0) is 20.6. The summed E-state index contributed by atoms with van der Waals surface area (Å²) in [5.74, 6) is -0.247. The van der Waals surface area contributed by atoms with Crippen LogP contribution in [0.5, 0.6) is 0 Å². The smallest absolute Gasteiger partial charge is 0.264 e. The predicted molar refractivity (Wildman–Crippen MR) is 116 cm³/mol. The van der Waals surface area contributed by atoms with Gasteiger partial charge in [-0.05, 0) is 36.8 Å². The molecule has 0 unspecified atom stereocenters. The minimum absolute atomic E-state index is 0.109. The van der Waals surface area contributed by atoms with Crippen LogP contribution in [0.3, 0.4) is 0 Å². The molecule has 1 aromatic heterocycles. The lowest BCUT2D eigenvalue weighted by Crippen LogP contribution is -2.47. The molecule has 0 radical (unpaired) electrons. The van der Waals surface area contributed by atoms with E-state index in [1.54, 1.807) is 18.1 Å². The third-order valence-electron chi connectivity index (χ3n) is 5.43. The molecule has 0 bridgehead atoms. The van der Waals surface area contributed by atoms with Crippen LogP contribution in [-0.4, -0.2) is 43.0 Å². The van der Waals surface area contributed by atoms with E-state index in [9.17, 15) is 9.59 Å². The topological polar surface area (TPSA) is 58.6 Å². The lowest BCUT2D eigenvalue weighted by atomic mass is 9.94. The normalized spacial score (nSPS) is 15.7. The Balaban J connectivity index is 1.92. The predicted octanol–water partition coefficient (Wildman–Crippen LogP) is 4.34. The van der Waals surface area contributed by atoms with Gasteiger partial charge in [-0.3, -0.25) is 9.59 Å². The highest BCUT2D eigenvalue weighted by atomic mass is 32.1. The van der Waals surface area contributed by atoms with Crippen molar-refractivity contribution in [2.45, 2.75) is 51.1 Å². The molecule has 29 heavy (non-hydrogen) atoms. The highest BCUT2D eigenvalue weighted by molar-refractivity contribution is 7.12. The SMILES string of the molecule is COCCN(C(=O)c1cccs1)[C@@H](C(=O)NC1CCCCC1)c1ccc(C)cc1. The molecular formula is C23H30N2O3S. The molecule has 1 heterocycles. The molecular weight excluding hydrogens is 384 g/mol. The van der Waals surface area contributed by atoms with Crippen LogP contribution >= 0.6 is 11.3 Å². The highest BCUT2D eigenvalue weighted by Crippen LogP contribution is 2.26. The maximum absolute atomic E-state index is 13.4. The number of aryl methyl sites for hydroxylation is 1. The van der Waals surface area contributed by atoms with Gasteiger partial charge in [0.1, 0.15) is 6.04 Å². The average Bonchev–Trinajstić information content (AvgIpc) is 3.27. The summed E-state index contributed by atoms with van der Waals surface area (Å²) in [5, 5.41) is 5.10. The standard InChI is InChI=1S/C23H30N2O3S/c1-17-10-12-18(13-11-17)21(22(26)24-19-7-4-3-5-8-19)25(14-15-28-2)23(27)20-9-6-16-29-20/h6,9-13,16,19,21H,3-5,7-8,14-15H2,1-2H3,(H,24,26)/t21-/m1/s1. The fraction of sp³-hybridized carbons (Fsp3) is 0.478. The van der Waals surface area contributed by atoms with Gasteiger partial charge in [-0.1, -0.05) is 55.2 Å². The van der Waals surface area contributed by atoms with Gasteiger partial charge in [-0.15, -0.1) is 11.3 Å². The fourth-order valence-electron chi connectivity index (χ4n) is 3.83. The number of thiophene rings is 1. The van der Waals surface area contributed by atoms with Crippen molar-refractivity contribution in [3.05, 3.63) is 57.8 Å². The van der Waals surface area contributed by atoms with E-state index in [2.05, 4.69) is 5.32 Å². The summed E-state index contributed by atoms with van der Waals surface area (Å²) in [6, 6.07) is 11.0. The number of hydrogen-bond acceptors (Lipinski definition) is 4. The van der Waals surface area contributed by atoms with E-state index in [4.69, 9.17) is 4.74 Å². The molecule has 1 atom stereocenters. The first-order valence-corrected chi connectivity index (χ1v) is 11.2. The molecule has 1 aliphatic carbocycles. The quantitative estimate of drug-likeness (QED) is 0.699.